The van der Waals surface area contributed by atoms with E-state index in [0.29, 0.717) is 12.8 Å². The molecule has 0 aromatic heterocycles. The van der Waals surface area contributed by atoms with Crippen molar-refractivity contribution in [2.24, 2.45) is 5.92 Å². The Morgan fingerprint density at radius 2 is 1.48 bits per heavy atom. The van der Waals surface area contributed by atoms with E-state index in [1.165, 1.54) is 32.1 Å². The van der Waals surface area contributed by atoms with Crippen molar-refractivity contribution in [3.63, 3.8) is 0 Å². The topological polar surface area (TPSA) is 66.4 Å². The van der Waals surface area contributed by atoms with E-state index >= 15 is 0 Å². The van der Waals surface area contributed by atoms with Gasteiger partial charge in [-0.05, 0) is 44.4 Å². The standard InChI is InChI=1S/C23H41NO3/c1-4-5-6-7-8-9-10-11-12-13-14-15-16-17-18-22(25)24-21(23(26)27)19-20(2)3/h7-8,10-11,20-21H,4-6,9,12-19H2,1-3H3,(H,24,25)(H,26,27)/b8-7-,11-10-/t21-/m0/s1. The molecule has 0 saturated carbocycles. The van der Waals surface area contributed by atoms with E-state index in [9.17, 15) is 9.59 Å². The highest BCUT2D eigenvalue weighted by Gasteiger charge is 2.20. The number of amides is 1. The maximum absolute atomic E-state index is 11.9. The smallest absolute Gasteiger partial charge is 0.326 e. The lowest BCUT2D eigenvalue weighted by molar-refractivity contribution is -0.142. The number of rotatable bonds is 17. The van der Waals surface area contributed by atoms with Crippen LogP contribution in [0.25, 0.3) is 0 Å². The van der Waals surface area contributed by atoms with Gasteiger partial charge < -0.3 is 10.4 Å². The predicted molar refractivity (Wildman–Crippen MR) is 114 cm³/mol. The molecule has 0 aliphatic heterocycles. The Balaban J connectivity index is 3.59. The fourth-order valence-electron chi connectivity index (χ4n) is 2.87. The van der Waals surface area contributed by atoms with Gasteiger partial charge in [-0.2, -0.15) is 0 Å². The van der Waals surface area contributed by atoms with E-state index < -0.39 is 12.0 Å². The highest BCUT2D eigenvalue weighted by Crippen LogP contribution is 2.09. The van der Waals surface area contributed by atoms with Gasteiger partial charge in [0.25, 0.3) is 0 Å². The summed E-state index contributed by atoms with van der Waals surface area (Å²) in [6, 6.07) is -0.759. The molecule has 0 aromatic carbocycles. The normalized spacial score (nSPS) is 12.9. The minimum absolute atomic E-state index is 0.141. The highest BCUT2D eigenvalue weighted by atomic mass is 16.4. The largest absolute Gasteiger partial charge is 0.480 e. The number of hydrogen-bond donors (Lipinski definition) is 2. The van der Waals surface area contributed by atoms with Crippen molar-refractivity contribution < 1.29 is 14.7 Å². The number of nitrogens with one attached hydrogen (secondary N) is 1. The van der Waals surface area contributed by atoms with E-state index in [4.69, 9.17) is 5.11 Å². The predicted octanol–water partition coefficient (Wildman–Crippen LogP) is 6.03. The second kappa shape index (κ2) is 17.8. The molecule has 4 heteroatoms. The SMILES string of the molecule is CCCC/C=C\C/C=C\CCCCCCCC(=O)N[C@@H](CC(C)C)C(=O)O. The lowest BCUT2D eigenvalue weighted by atomic mass is 10.0. The molecule has 0 aliphatic rings. The van der Waals surface area contributed by atoms with Crippen LogP contribution < -0.4 is 5.32 Å². The maximum atomic E-state index is 11.9. The van der Waals surface area contributed by atoms with Gasteiger partial charge in [-0.25, -0.2) is 4.79 Å². The molecule has 1 atom stereocenters. The lowest BCUT2D eigenvalue weighted by Gasteiger charge is -2.16. The van der Waals surface area contributed by atoms with Crippen molar-refractivity contribution in [2.45, 2.75) is 104 Å². The number of carboxylic acids is 1. The maximum Gasteiger partial charge on any atom is 0.326 e. The first kappa shape index (κ1) is 25.4. The van der Waals surface area contributed by atoms with Crippen LogP contribution in [0, 0.1) is 5.92 Å². The van der Waals surface area contributed by atoms with Gasteiger partial charge in [0.15, 0.2) is 0 Å². The zero-order valence-corrected chi connectivity index (χ0v) is 17.7. The molecule has 156 valence electrons. The Morgan fingerprint density at radius 1 is 0.889 bits per heavy atom. The number of carboxylic acid groups (broad SMARTS) is 1. The van der Waals surface area contributed by atoms with E-state index in [2.05, 4.69) is 36.5 Å². The Bertz CT molecular complexity index is 441. The Hall–Kier alpha value is -1.58. The minimum Gasteiger partial charge on any atom is -0.480 e. The zero-order valence-electron chi connectivity index (χ0n) is 17.7. The molecule has 0 bridgehead atoms. The summed E-state index contributed by atoms with van der Waals surface area (Å²) in [7, 11) is 0. The minimum atomic E-state index is -0.943. The van der Waals surface area contributed by atoms with Gasteiger partial charge >= 0.3 is 5.97 Å². The monoisotopic (exact) mass is 379 g/mol. The number of hydrogen-bond acceptors (Lipinski definition) is 2. The number of carbonyl (C=O) groups is 2. The molecular formula is C23H41NO3. The number of unbranched alkanes of at least 4 members (excludes halogenated alkanes) is 7. The van der Waals surface area contributed by atoms with E-state index in [0.717, 1.165) is 32.1 Å². The molecule has 0 fully saturated rings. The van der Waals surface area contributed by atoms with Crippen LogP contribution in [0.4, 0.5) is 0 Å². The first-order valence-corrected chi connectivity index (χ1v) is 10.8. The molecule has 0 unspecified atom stereocenters. The van der Waals surface area contributed by atoms with E-state index in [-0.39, 0.29) is 11.8 Å². The third kappa shape index (κ3) is 17.6. The summed E-state index contributed by atoms with van der Waals surface area (Å²) < 4.78 is 0. The van der Waals surface area contributed by atoms with Crippen molar-refractivity contribution >= 4 is 11.9 Å². The molecular weight excluding hydrogens is 338 g/mol. The third-order valence-electron chi connectivity index (χ3n) is 4.44. The van der Waals surface area contributed by atoms with Crippen molar-refractivity contribution in [2.75, 3.05) is 0 Å². The second-order valence-corrected chi connectivity index (χ2v) is 7.72. The summed E-state index contributed by atoms with van der Waals surface area (Å²) in [5, 5.41) is 11.8. The molecule has 4 nitrogen and oxygen atoms in total. The number of aliphatic carboxylic acids is 1. The Labute approximate surface area is 166 Å². The van der Waals surface area contributed by atoms with E-state index in [1.807, 2.05) is 13.8 Å². The third-order valence-corrected chi connectivity index (χ3v) is 4.44. The van der Waals surface area contributed by atoms with Gasteiger partial charge in [0, 0.05) is 6.42 Å². The first-order chi connectivity index (χ1) is 13.0. The number of allylic oxidation sites excluding steroid dienone is 4. The van der Waals surface area contributed by atoms with Crippen LogP contribution >= 0.6 is 0 Å². The molecule has 1 amide bonds. The molecule has 0 spiro atoms. The van der Waals surface area contributed by atoms with Gasteiger partial charge in [-0.15, -0.1) is 0 Å². The average Bonchev–Trinajstić information content (AvgIpc) is 2.61. The van der Waals surface area contributed by atoms with Gasteiger partial charge in [0.2, 0.25) is 5.91 Å². The number of carbonyl (C=O) groups excluding carboxylic acids is 1. The van der Waals surface area contributed by atoms with E-state index in [1.54, 1.807) is 0 Å². The van der Waals surface area contributed by atoms with Gasteiger partial charge in [0.05, 0.1) is 0 Å². The summed E-state index contributed by atoms with van der Waals surface area (Å²) in [6.45, 7) is 6.13. The molecule has 0 aliphatic carbocycles. The fraction of sp³-hybridized carbons (Fsp3) is 0.739. The van der Waals surface area contributed by atoms with Gasteiger partial charge in [0.1, 0.15) is 6.04 Å². The quantitative estimate of drug-likeness (QED) is 0.240. The van der Waals surface area contributed by atoms with Crippen LogP contribution in [-0.2, 0) is 9.59 Å². The lowest BCUT2D eigenvalue weighted by Crippen LogP contribution is -2.41. The Kier molecular flexibility index (Phi) is 16.8. The van der Waals surface area contributed by atoms with Crippen LogP contribution in [0.3, 0.4) is 0 Å². The van der Waals surface area contributed by atoms with Gasteiger partial charge in [-0.1, -0.05) is 77.2 Å². The van der Waals surface area contributed by atoms with Crippen LogP contribution in [0.5, 0.6) is 0 Å². The Morgan fingerprint density at radius 3 is 2.07 bits per heavy atom. The summed E-state index contributed by atoms with van der Waals surface area (Å²) in [5.74, 6) is -0.836. The summed E-state index contributed by atoms with van der Waals surface area (Å²) in [4.78, 5) is 23.0. The first-order valence-electron chi connectivity index (χ1n) is 10.8. The molecule has 0 heterocycles. The zero-order chi connectivity index (χ0) is 20.3. The van der Waals surface area contributed by atoms with Crippen LogP contribution in [0.2, 0.25) is 0 Å². The molecule has 0 radical (unpaired) electrons. The molecule has 0 saturated heterocycles. The summed E-state index contributed by atoms with van der Waals surface area (Å²) in [5.41, 5.74) is 0. The summed E-state index contributed by atoms with van der Waals surface area (Å²) >= 11 is 0. The highest BCUT2D eigenvalue weighted by molar-refractivity contribution is 5.83. The van der Waals surface area contributed by atoms with Crippen molar-refractivity contribution in [3.05, 3.63) is 24.3 Å². The molecule has 27 heavy (non-hydrogen) atoms. The van der Waals surface area contributed by atoms with Crippen molar-refractivity contribution in [1.29, 1.82) is 0 Å². The fourth-order valence-corrected chi connectivity index (χ4v) is 2.87. The molecule has 0 aromatic rings. The van der Waals surface area contributed by atoms with Crippen molar-refractivity contribution in [1.82, 2.24) is 5.32 Å². The summed E-state index contributed by atoms with van der Waals surface area (Å²) in [6.07, 6.45) is 21.2. The van der Waals surface area contributed by atoms with Gasteiger partial charge in [-0.3, -0.25) is 4.79 Å². The van der Waals surface area contributed by atoms with Crippen LogP contribution in [-0.4, -0.2) is 23.0 Å². The van der Waals surface area contributed by atoms with Crippen molar-refractivity contribution in [3.8, 4) is 0 Å². The molecule has 2 N–H and O–H groups in total. The average molecular weight is 380 g/mol. The van der Waals surface area contributed by atoms with Crippen LogP contribution in [0.1, 0.15) is 97.8 Å². The second-order valence-electron chi connectivity index (χ2n) is 7.72. The van der Waals surface area contributed by atoms with Crippen LogP contribution in [0.15, 0.2) is 24.3 Å². The molecule has 0 rings (SSSR count).